The normalized spacial score (nSPS) is 10.6. The molecule has 0 aliphatic carbocycles. The highest BCUT2D eigenvalue weighted by Crippen LogP contribution is 2.30. The number of benzene rings is 3. The summed E-state index contributed by atoms with van der Waals surface area (Å²) in [5, 5.41) is 6.45. The fourth-order valence-electron chi connectivity index (χ4n) is 3.32. The molecular weight excluding hydrogens is 456 g/mol. The zero-order valence-corrected chi connectivity index (χ0v) is 19.5. The van der Waals surface area contributed by atoms with Crippen molar-refractivity contribution in [2.45, 2.75) is 12.8 Å². The Morgan fingerprint density at radius 2 is 1.64 bits per heavy atom. The number of methoxy groups -OCH3 is 1. The molecule has 0 fully saturated rings. The van der Waals surface area contributed by atoms with E-state index in [0.29, 0.717) is 22.0 Å². The average molecular weight is 477 g/mol. The number of Topliss-reactive ketones (excluding diaryl/α,β-unsaturated/α-hetero) is 1. The maximum Gasteiger partial charge on any atom is 0.224 e. The summed E-state index contributed by atoms with van der Waals surface area (Å²) in [6.07, 6.45) is 0.200. The molecule has 0 saturated carbocycles. The monoisotopic (exact) mass is 476 g/mol. The van der Waals surface area contributed by atoms with Gasteiger partial charge in [-0.15, -0.1) is 11.3 Å². The first-order valence-corrected chi connectivity index (χ1v) is 11.6. The van der Waals surface area contributed by atoms with Gasteiger partial charge in [-0.05, 0) is 36.4 Å². The molecule has 3 aromatic carbocycles. The molecule has 0 bridgehead atoms. The largest absolute Gasteiger partial charge is 0.496 e. The minimum atomic E-state index is -0.218. The quantitative estimate of drug-likeness (QED) is 0.286. The standard InChI is InChI=1S/C26H21ClN2O3S/c1-32-24-5-3-2-4-21(24)23(30)14-15-25(31)28-20-12-8-17(9-13-20)22-16-33-26(29-22)18-6-10-19(27)11-7-18/h2-13,16H,14-15H2,1H3,(H,28,31). The number of halogens is 1. The summed E-state index contributed by atoms with van der Waals surface area (Å²) in [4.78, 5) is 29.5. The molecule has 0 aliphatic rings. The van der Waals surface area contributed by atoms with E-state index < -0.39 is 0 Å². The maximum absolute atomic E-state index is 12.4. The molecule has 33 heavy (non-hydrogen) atoms. The maximum atomic E-state index is 12.4. The first-order chi connectivity index (χ1) is 16.0. The van der Waals surface area contributed by atoms with E-state index in [1.807, 2.05) is 53.9 Å². The van der Waals surface area contributed by atoms with Crippen LogP contribution in [-0.2, 0) is 4.79 Å². The number of carbonyl (C=O) groups is 2. The van der Waals surface area contributed by atoms with Crippen molar-refractivity contribution in [3.05, 3.63) is 88.8 Å². The zero-order chi connectivity index (χ0) is 23.2. The lowest BCUT2D eigenvalue weighted by Crippen LogP contribution is -2.13. The van der Waals surface area contributed by atoms with Crippen molar-refractivity contribution in [1.82, 2.24) is 4.98 Å². The number of hydrogen-bond donors (Lipinski definition) is 1. The lowest BCUT2D eigenvalue weighted by Gasteiger charge is -2.08. The van der Waals surface area contributed by atoms with Gasteiger partial charge in [0, 0.05) is 40.1 Å². The minimum absolute atomic E-state index is 0.0924. The highest BCUT2D eigenvalue weighted by Gasteiger charge is 2.14. The molecule has 0 radical (unpaired) electrons. The minimum Gasteiger partial charge on any atom is -0.496 e. The SMILES string of the molecule is COc1ccccc1C(=O)CCC(=O)Nc1ccc(-c2csc(-c3ccc(Cl)cc3)n2)cc1. The van der Waals surface area contributed by atoms with E-state index in [4.69, 9.17) is 21.3 Å². The van der Waals surface area contributed by atoms with Gasteiger partial charge >= 0.3 is 0 Å². The molecule has 1 amide bonds. The molecule has 0 unspecified atom stereocenters. The molecule has 7 heteroatoms. The number of rotatable bonds is 8. The Labute approximate surface area is 201 Å². The lowest BCUT2D eigenvalue weighted by atomic mass is 10.1. The Kier molecular flexibility index (Phi) is 7.17. The van der Waals surface area contributed by atoms with Crippen molar-refractivity contribution in [2.24, 2.45) is 0 Å². The highest BCUT2D eigenvalue weighted by atomic mass is 35.5. The van der Waals surface area contributed by atoms with Crippen molar-refractivity contribution in [3.63, 3.8) is 0 Å². The van der Waals surface area contributed by atoms with Gasteiger partial charge < -0.3 is 10.1 Å². The van der Waals surface area contributed by atoms with Crippen LogP contribution in [0.1, 0.15) is 23.2 Å². The van der Waals surface area contributed by atoms with Crippen LogP contribution in [0.25, 0.3) is 21.8 Å². The highest BCUT2D eigenvalue weighted by molar-refractivity contribution is 7.13. The molecule has 5 nitrogen and oxygen atoms in total. The zero-order valence-electron chi connectivity index (χ0n) is 17.9. The van der Waals surface area contributed by atoms with Crippen LogP contribution >= 0.6 is 22.9 Å². The lowest BCUT2D eigenvalue weighted by molar-refractivity contribution is -0.116. The second-order valence-electron chi connectivity index (χ2n) is 7.29. The Morgan fingerprint density at radius 3 is 2.36 bits per heavy atom. The molecule has 0 aliphatic heterocycles. The van der Waals surface area contributed by atoms with E-state index in [2.05, 4.69) is 5.32 Å². The van der Waals surface area contributed by atoms with Crippen molar-refractivity contribution in [1.29, 1.82) is 0 Å². The molecule has 0 saturated heterocycles. The molecular formula is C26H21ClN2O3S. The van der Waals surface area contributed by atoms with Crippen molar-refractivity contribution < 1.29 is 14.3 Å². The number of aromatic nitrogens is 1. The van der Waals surface area contributed by atoms with Crippen LogP contribution in [0.4, 0.5) is 5.69 Å². The van der Waals surface area contributed by atoms with Crippen LogP contribution in [0.3, 0.4) is 0 Å². The van der Waals surface area contributed by atoms with E-state index in [1.165, 1.54) is 7.11 Å². The molecule has 1 heterocycles. The molecule has 4 rings (SSSR count). The number of nitrogens with one attached hydrogen (secondary N) is 1. The van der Waals surface area contributed by atoms with Crippen LogP contribution < -0.4 is 10.1 Å². The summed E-state index contributed by atoms with van der Waals surface area (Å²) in [6.45, 7) is 0. The number of carbonyl (C=O) groups excluding carboxylic acids is 2. The van der Waals surface area contributed by atoms with Gasteiger partial charge in [-0.1, -0.05) is 48.0 Å². The van der Waals surface area contributed by atoms with Gasteiger partial charge in [0.05, 0.1) is 18.4 Å². The molecule has 4 aromatic rings. The Hall–Kier alpha value is -3.48. The smallest absolute Gasteiger partial charge is 0.224 e. The second-order valence-corrected chi connectivity index (χ2v) is 8.59. The van der Waals surface area contributed by atoms with Gasteiger partial charge in [-0.3, -0.25) is 9.59 Å². The van der Waals surface area contributed by atoms with E-state index in [1.54, 1.807) is 35.6 Å². The first kappa shape index (κ1) is 22.7. The van der Waals surface area contributed by atoms with Gasteiger partial charge in [0.1, 0.15) is 10.8 Å². The van der Waals surface area contributed by atoms with Crippen molar-refractivity contribution in [3.8, 4) is 27.6 Å². The Morgan fingerprint density at radius 1 is 0.939 bits per heavy atom. The summed E-state index contributed by atoms with van der Waals surface area (Å²) in [5.41, 5.74) is 3.99. The molecule has 0 atom stereocenters. The topological polar surface area (TPSA) is 68.3 Å². The number of amides is 1. The number of para-hydroxylation sites is 1. The van der Waals surface area contributed by atoms with Gasteiger partial charge in [0.25, 0.3) is 0 Å². The number of anilines is 1. The van der Waals surface area contributed by atoms with Crippen molar-refractivity contribution in [2.75, 3.05) is 12.4 Å². The summed E-state index contributed by atoms with van der Waals surface area (Å²) in [5.74, 6) is 0.169. The number of thiazole rings is 1. The summed E-state index contributed by atoms with van der Waals surface area (Å²) < 4.78 is 5.22. The average Bonchev–Trinajstić information content (AvgIpc) is 3.34. The van der Waals surface area contributed by atoms with Crippen molar-refractivity contribution >= 4 is 40.3 Å². The van der Waals surface area contributed by atoms with Gasteiger partial charge in [-0.2, -0.15) is 0 Å². The second kappa shape index (κ2) is 10.4. The number of ether oxygens (including phenoxy) is 1. The van der Waals surface area contributed by atoms with Gasteiger partial charge in [0.15, 0.2) is 5.78 Å². The Bertz CT molecular complexity index is 1270. The summed E-state index contributed by atoms with van der Waals surface area (Å²) in [6, 6.07) is 22.1. The van der Waals surface area contributed by atoms with Crippen LogP contribution in [-0.4, -0.2) is 23.8 Å². The first-order valence-electron chi connectivity index (χ1n) is 10.3. The third-order valence-electron chi connectivity index (χ3n) is 5.05. The predicted molar refractivity (Wildman–Crippen MR) is 133 cm³/mol. The summed E-state index contributed by atoms with van der Waals surface area (Å²) >= 11 is 7.52. The fraction of sp³-hybridized carbons (Fsp3) is 0.115. The van der Waals surface area contributed by atoms with E-state index >= 15 is 0 Å². The number of nitrogens with zero attached hydrogens (tertiary/aromatic N) is 1. The fourth-order valence-corrected chi connectivity index (χ4v) is 4.28. The third-order valence-corrected chi connectivity index (χ3v) is 6.19. The van der Waals surface area contributed by atoms with E-state index in [9.17, 15) is 9.59 Å². The Balaban J connectivity index is 1.34. The van der Waals surface area contributed by atoms with E-state index in [0.717, 1.165) is 21.8 Å². The predicted octanol–water partition coefficient (Wildman–Crippen LogP) is 6.74. The van der Waals surface area contributed by atoms with Crippen LogP contribution in [0.15, 0.2) is 78.2 Å². The van der Waals surface area contributed by atoms with Gasteiger partial charge in [0.2, 0.25) is 5.91 Å². The van der Waals surface area contributed by atoms with Crippen LogP contribution in [0.2, 0.25) is 5.02 Å². The van der Waals surface area contributed by atoms with Crippen LogP contribution in [0.5, 0.6) is 5.75 Å². The summed E-state index contributed by atoms with van der Waals surface area (Å²) in [7, 11) is 1.52. The van der Waals surface area contributed by atoms with Crippen LogP contribution in [0, 0.1) is 0 Å². The third kappa shape index (κ3) is 5.66. The number of hydrogen-bond acceptors (Lipinski definition) is 5. The van der Waals surface area contributed by atoms with Gasteiger partial charge in [-0.25, -0.2) is 4.98 Å². The number of ketones is 1. The molecule has 1 aromatic heterocycles. The molecule has 0 spiro atoms. The van der Waals surface area contributed by atoms with E-state index in [-0.39, 0.29) is 24.5 Å². The molecule has 166 valence electrons. The molecule has 1 N–H and O–H groups in total.